The van der Waals surface area contributed by atoms with Crippen LogP contribution < -0.4 is 17.0 Å². The Bertz CT molecular complexity index is 1270. The van der Waals surface area contributed by atoms with E-state index in [9.17, 15) is 14.4 Å². The van der Waals surface area contributed by atoms with Crippen molar-refractivity contribution in [2.45, 2.75) is 52.7 Å². The Morgan fingerprint density at radius 2 is 1.56 bits per heavy atom. The molecule has 1 aromatic heterocycles. The maximum absolute atomic E-state index is 13.2. The Hall–Kier alpha value is -3.45. The molecule has 0 aliphatic carbocycles. The lowest BCUT2D eigenvalue weighted by molar-refractivity contribution is 0.0941. The van der Waals surface area contributed by atoms with Gasteiger partial charge in [0, 0.05) is 13.1 Å². The number of Topliss-reactive ketones (excluding diaryl/α,β-unsaturated/α-hetero) is 1. The molecule has 7 heteroatoms. The summed E-state index contributed by atoms with van der Waals surface area (Å²) in [6, 6.07) is 17.7. The van der Waals surface area contributed by atoms with Gasteiger partial charge in [0.1, 0.15) is 11.4 Å². The smallest absolute Gasteiger partial charge is 0.332 e. The standard InChI is InChI=1S/C27H34N4O3/c1-6-30-25(33)23(24(28)31(26(30)34)17-19-10-8-7-9-11-19)22(32)18-29(5)16-20-12-14-21(15-13-20)27(2,3)4/h7-15H,6,16-18,28H2,1-5H3. The summed E-state index contributed by atoms with van der Waals surface area (Å²) >= 11 is 0. The van der Waals surface area contributed by atoms with Gasteiger partial charge in [0.15, 0.2) is 5.78 Å². The molecule has 0 amide bonds. The van der Waals surface area contributed by atoms with Crippen molar-refractivity contribution in [1.29, 1.82) is 0 Å². The molecule has 0 atom stereocenters. The second kappa shape index (κ2) is 10.2. The highest BCUT2D eigenvalue weighted by molar-refractivity contribution is 6.01. The van der Waals surface area contributed by atoms with Crippen LogP contribution in [0.5, 0.6) is 0 Å². The predicted molar refractivity (Wildman–Crippen MR) is 136 cm³/mol. The quantitative estimate of drug-likeness (QED) is 0.519. The first-order chi connectivity index (χ1) is 16.0. The van der Waals surface area contributed by atoms with E-state index in [1.165, 1.54) is 10.1 Å². The first-order valence-corrected chi connectivity index (χ1v) is 11.5. The third-order valence-corrected chi connectivity index (χ3v) is 5.93. The van der Waals surface area contributed by atoms with E-state index in [1.54, 1.807) is 6.92 Å². The molecule has 0 saturated carbocycles. The molecular weight excluding hydrogens is 428 g/mol. The van der Waals surface area contributed by atoms with Crippen molar-refractivity contribution in [3.8, 4) is 0 Å². The van der Waals surface area contributed by atoms with Gasteiger partial charge >= 0.3 is 5.69 Å². The fourth-order valence-electron chi connectivity index (χ4n) is 3.98. The molecule has 34 heavy (non-hydrogen) atoms. The summed E-state index contributed by atoms with van der Waals surface area (Å²) in [5.41, 5.74) is 8.20. The van der Waals surface area contributed by atoms with Crippen molar-refractivity contribution >= 4 is 11.6 Å². The zero-order chi connectivity index (χ0) is 25.0. The maximum Gasteiger partial charge on any atom is 0.332 e. The third-order valence-electron chi connectivity index (χ3n) is 5.93. The Morgan fingerprint density at radius 3 is 2.12 bits per heavy atom. The van der Waals surface area contributed by atoms with Gasteiger partial charge in [-0.1, -0.05) is 75.4 Å². The second-order valence-corrected chi connectivity index (χ2v) is 9.71. The number of nitrogens with two attached hydrogens (primary N) is 1. The van der Waals surface area contributed by atoms with Crippen LogP contribution in [0.3, 0.4) is 0 Å². The summed E-state index contributed by atoms with van der Waals surface area (Å²) in [7, 11) is 1.82. The van der Waals surface area contributed by atoms with E-state index in [2.05, 4.69) is 45.0 Å². The third kappa shape index (κ3) is 5.54. The highest BCUT2D eigenvalue weighted by Gasteiger charge is 2.23. The number of ketones is 1. The van der Waals surface area contributed by atoms with Crippen LogP contribution in [0.1, 0.15) is 54.7 Å². The Kier molecular flexibility index (Phi) is 7.57. The molecule has 7 nitrogen and oxygen atoms in total. The van der Waals surface area contributed by atoms with Crippen LogP contribution in [-0.2, 0) is 25.0 Å². The summed E-state index contributed by atoms with van der Waals surface area (Å²) < 4.78 is 2.37. The topological polar surface area (TPSA) is 90.3 Å². The summed E-state index contributed by atoms with van der Waals surface area (Å²) in [4.78, 5) is 40.9. The van der Waals surface area contributed by atoms with Crippen LogP contribution in [0.15, 0.2) is 64.2 Å². The minimum atomic E-state index is -0.637. The normalized spacial score (nSPS) is 11.7. The van der Waals surface area contributed by atoms with E-state index in [0.717, 1.165) is 15.7 Å². The number of hydrogen-bond donors (Lipinski definition) is 1. The fourth-order valence-corrected chi connectivity index (χ4v) is 3.98. The molecule has 2 aromatic carbocycles. The first kappa shape index (κ1) is 25.2. The van der Waals surface area contributed by atoms with Crippen molar-refractivity contribution in [2.75, 3.05) is 19.3 Å². The lowest BCUT2D eigenvalue weighted by Crippen LogP contribution is -2.45. The molecule has 180 valence electrons. The van der Waals surface area contributed by atoms with Crippen LogP contribution in [0.4, 0.5) is 5.82 Å². The van der Waals surface area contributed by atoms with Crippen molar-refractivity contribution in [1.82, 2.24) is 14.0 Å². The number of carbonyl (C=O) groups excluding carboxylic acids is 1. The number of carbonyl (C=O) groups is 1. The Morgan fingerprint density at radius 1 is 0.941 bits per heavy atom. The highest BCUT2D eigenvalue weighted by Crippen LogP contribution is 2.22. The summed E-state index contributed by atoms with van der Waals surface area (Å²) in [5.74, 6) is -0.489. The van der Waals surface area contributed by atoms with Gasteiger partial charge in [-0.3, -0.25) is 23.6 Å². The number of nitrogens with zero attached hydrogens (tertiary/aromatic N) is 3. The lowest BCUT2D eigenvalue weighted by Gasteiger charge is -2.21. The number of anilines is 1. The summed E-state index contributed by atoms with van der Waals surface area (Å²) in [6.45, 7) is 9.08. The molecule has 0 aliphatic rings. The second-order valence-electron chi connectivity index (χ2n) is 9.71. The molecule has 0 spiro atoms. The molecule has 0 saturated heterocycles. The van der Waals surface area contributed by atoms with Crippen LogP contribution in [0, 0.1) is 0 Å². The van der Waals surface area contributed by atoms with Gasteiger partial charge in [0.25, 0.3) is 5.56 Å². The van der Waals surface area contributed by atoms with Crippen LogP contribution in [0.25, 0.3) is 0 Å². The largest absolute Gasteiger partial charge is 0.384 e. The van der Waals surface area contributed by atoms with E-state index < -0.39 is 17.0 Å². The summed E-state index contributed by atoms with van der Waals surface area (Å²) in [6.07, 6.45) is 0. The molecule has 3 rings (SSSR count). The van der Waals surface area contributed by atoms with E-state index in [0.29, 0.717) is 6.54 Å². The molecule has 3 aromatic rings. The number of rotatable bonds is 8. The van der Waals surface area contributed by atoms with Gasteiger partial charge in [-0.15, -0.1) is 0 Å². The van der Waals surface area contributed by atoms with E-state index in [1.807, 2.05) is 42.3 Å². The summed E-state index contributed by atoms with van der Waals surface area (Å²) in [5, 5.41) is 0. The minimum Gasteiger partial charge on any atom is -0.384 e. The fraction of sp³-hybridized carbons (Fsp3) is 0.370. The van der Waals surface area contributed by atoms with Crippen molar-refractivity contribution in [3.63, 3.8) is 0 Å². The monoisotopic (exact) mass is 462 g/mol. The minimum absolute atomic E-state index is 0.00766. The number of likely N-dealkylation sites (N-methyl/N-ethyl adjacent to an activating group) is 1. The lowest BCUT2D eigenvalue weighted by atomic mass is 9.87. The Balaban J connectivity index is 1.86. The molecule has 0 bridgehead atoms. The van der Waals surface area contributed by atoms with Gasteiger partial charge < -0.3 is 5.73 Å². The zero-order valence-electron chi connectivity index (χ0n) is 20.7. The number of hydrogen-bond acceptors (Lipinski definition) is 5. The van der Waals surface area contributed by atoms with Crippen LogP contribution in [0.2, 0.25) is 0 Å². The number of aromatic nitrogens is 2. The van der Waals surface area contributed by atoms with E-state index in [4.69, 9.17) is 5.73 Å². The number of benzene rings is 2. The average Bonchev–Trinajstić information content (AvgIpc) is 2.77. The highest BCUT2D eigenvalue weighted by atomic mass is 16.2. The predicted octanol–water partition coefficient (Wildman–Crippen LogP) is 3.27. The Labute approximate surface area is 200 Å². The molecule has 1 heterocycles. The molecule has 2 N–H and O–H groups in total. The van der Waals surface area contributed by atoms with Crippen molar-refractivity contribution in [2.24, 2.45) is 0 Å². The van der Waals surface area contributed by atoms with Gasteiger partial charge in [0.05, 0.1) is 13.1 Å². The van der Waals surface area contributed by atoms with Crippen molar-refractivity contribution < 1.29 is 4.79 Å². The zero-order valence-corrected chi connectivity index (χ0v) is 20.7. The maximum atomic E-state index is 13.2. The number of nitrogen functional groups attached to an aromatic ring is 1. The van der Waals surface area contributed by atoms with Crippen molar-refractivity contribution in [3.05, 3.63) is 97.7 Å². The SMILES string of the molecule is CCn1c(=O)c(C(=O)CN(C)Cc2ccc(C(C)(C)C)cc2)c(N)n(Cc2ccccc2)c1=O. The van der Waals surface area contributed by atoms with Gasteiger partial charge in [-0.25, -0.2) is 4.79 Å². The molecular formula is C27H34N4O3. The molecule has 0 unspecified atom stereocenters. The van der Waals surface area contributed by atoms with E-state index >= 15 is 0 Å². The first-order valence-electron chi connectivity index (χ1n) is 11.5. The van der Waals surface area contributed by atoms with Gasteiger partial charge in [-0.05, 0) is 36.1 Å². The van der Waals surface area contributed by atoms with E-state index in [-0.39, 0.29) is 36.4 Å². The molecule has 0 radical (unpaired) electrons. The average molecular weight is 463 g/mol. The van der Waals surface area contributed by atoms with Crippen LogP contribution in [-0.4, -0.2) is 33.4 Å². The molecule has 0 aliphatic heterocycles. The molecule has 0 fully saturated rings. The van der Waals surface area contributed by atoms with Gasteiger partial charge in [-0.2, -0.15) is 0 Å². The van der Waals surface area contributed by atoms with Crippen LogP contribution >= 0.6 is 0 Å². The van der Waals surface area contributed by atoms with Gasteiger partial charge in [0.2, 0.25) is 0 Å².